The van der Waals surface area contributed by atoms with Crippen molar-refractivity contribution in [3.8, 4) is 0 Å². The third-order valence-corrected chi connectivity index (χ3v) is 4.66. The Morgan fingerprint density at radius 3 is 2.43 bits per heavy atom. The molecule has 2 aromatic heterocycles. The molecule has 0 saturated carbocycles. The number of benzene rings is 2. The lowest BCUT2D eigenvalue weighted by atomic mass is 10.0. The second kappa shape index (κ2) is 7.88. The molecule has 2 N–H and O–H groups in total. The largest absolute Gasteiger partial charge is 0.358 e. The van der Waals surface area contributed by atoms with Crippen molar-refractivity contribution in [3.05, 3.63) is 102 Å². The van der Waals surface area contributed by atoms with Gasteiger partial charge in [-0.3, -0.25) is 9.78 Å². The molecule has 0 spiro atoms. The first-order valence-corrected chi connectivity index (χ1v) is 9.11. The quantitative estimate of drug-likeness (QED) is 0.413. The molecular weight excluding hydrogens is 348 g/mol. The smallest absolute Gasteiger partial charge is 0.244 e. The lowest BCUT2D eigenvalue weighted by molar-refractivity contribution is -0.120. The number of aromatic nitrogens is 2. The summed E-state index contributed by atoms with van der Waals surface area (Å²) < 4.78 is 0. The van der Waals surface area contributed by atoms with Crippen molar-refractivity contribution in [1.82, 2.24) is 15.4 Å². The van der Waals surface area contributed by atoms with Crippen LogP contribution in [0.2, 0.25) is 0 Å². The van der Waals surface area contributed by atoms with Gasteiger partial charge in [-0.15, -0.1) is 0 Å². The van der Waals surface area contributed by atoms with Crippen molar-refractivity contribution in [2.75, 3.05) is 0 Å². The van der Waals surface area contributed by atoms with Gasteiger partial charge in [-0.05, 0) is 30.7 Å². The number of pyridine rings is 1. The van der Waals surface area contributed by atoms with Crippen molar-refractivity contribution >= 4 is 22.5 Å². The van der Waals surface area contributed by atoms with E-state index < -0.39 is 0 Å². The van der Waals surface area contributed by atoms with E-state index in [1.54, 1.807) is 12.4 Å². The molecule has 4 aromatic rings. The minimum Gasteiger partial charge on any atom is -0.358 e. The minimum atomic E-state index is -0.157. The number of para-hydroxylation sites is 1. The van der Waals surface area contributed by atoms with E-state index in [0.717, 1.165) is 33.3 Å². The summed E-state index contributed by atoms with van der Waals surface area (Å²) in [4.78, 5) is 20.0. The van der Waals surface area contributed by atoms with Crippen LogP contribution in [0.25, 0.3) is 10.9 Å². The number of fused-ring (bicyclic) bond motifs is 1. The van der Waals surface area contributed by atoms with E-state index in [0.29, 0.717) is 5.71 Å². The van der Waals surface area contributed by atoms with Crippen LogP contribution in [0.1, 0.15) is 22.4 Å². The molecule has 5 heteroatoms. The maximum absolute atomic E-state index is 12.6. The van der Waals surface area contributed by atoms with Gasteiger partial charge >= 0.3 is 0 Å². The van der Waals surface area contributed by atoms with Crippen molar-refractivity contribution in [1.29, 1.82) is 0 Å². The number of nitrogens with one attached hydrogen (secondary N) is 2. The fourth-order valence-corrected chi connectivity index (χ4v) is 3.28. The second-order valence-corrected chi connectivity index (χ2v) is 6.55. The summed E-state index contributed by atoms with van der Waals surface area (Å²) in [6.07, 6.45) is 3.69. The molecule has 4 rings (SSSR count). The maximum Gasteiger partial charge on any atom is 0.244 e. The number of carbonyl (C=O) groups excluding carboxylic acids is 1. The van der Waals surface area contributed by atoms with Crippen LogP contribution in [0.4, 0.5) is 0 Å². The van der Waals surface area contributed by atoms with Gasteiger partial charge in [-0.1, -0.05) is 48.5 Å². The van der Waals surface area contributed by atoms with Gasteiger partial charge in [0.1, 0.15) is 0 Å². The fraction of sp³-hybridized carbons (Fsp3) is 0.0870. The highest BCUT2D eigenvalue weighted by Crippen LogP contribution is 2.22. The Balaban J connectivity index is 1.60. The van der Waals surface area contributed by atoms with Crippen LogP contribution >= 0.6 is 0 Å². The van der Waals surface area contributed by atoms with Crippen molar-refractivity contribution in [2.45, 2.75) is 13.3 Å². The molecule has 0 saturated heterocycles. The average molecular weight is 368 g/mol. The number of amides is 1. The first-order chi connectivity index (χ1) is 13.7. The normalized spacial score (nSPS) is 11.5. The SMILES string of the molecule is Cc1[nH]c2ccccc2c1CC(=O)NN=C(c1ccccc1)c1ccncc1. The van der Waals surface area contributed by atoms with Crippen LogP contribution in [-0.2, 0) is 11.2 Å². The van der Waals surface area contributed by atoms with Gasteiger partial charge in [0.25, 0.3) is 0 Å². The summed E-state index contributed by atoms with van der Waals surface area (Å²) in [5, 5.41) is 5.50. The highest BCUT2D eigenvalue weighted by Gasteiger charge is 2.13. The van der Waals surface area contributed by atoms with Crippen LogP contribution in [0.5, 0.6) is 0 Å². The van der Waals surface area contributed by atoms with E-state index in [1.165, 1.54) is 0 Å². The summed E-state index contributed by atoms with van der Waals surface area (Å²) in [5.41, 5.74) is 8.27. The first-order valence-electron chi connectivity index (χ1n) is 9.11. The number of rotatable bonds is 5. The number of hydrogen-bond donors (Lipinski definition) is 2. The molecule has 0 aliphatic carbocycles. The third kappa shape index (κ3) is 3.69. The Kier molecular flexibility index (Phi) is 4.97. The highest BCUT2D eigenvalue weighted by atomic mass is 16.2. The maximum atomic E-state index is 12.6. The van der Waals surface area contributed by atoms with Crippen LogP contribution in [0.3, 0.4) is 0 Å². The number of carbonyl (C=O) groups is 1. The predicted octanol–water partition coefficient (Wildman–Crippen LogP) is 3.98. The standard InChI is InChI=1S/C23H20N4O/c1-16-20(19-9-5-6-10-21(19)25-16)15-22(28)26-27-23(17-7-3-2-4-8-17)18-11-13-24-14-12-18/h2-14,25H,15H2,1H3,(H,26,28). The molecule has 0 atom stereocenters. The van der Waals surface area contributed by atoms with Crippen molar-refractivity contribution < 1.29 is 4.79 Å². The van der Waals surface area contributed by atoms with Gasteiger partial charge in [-0.2, -0.15) is 5.10 Å². The number of hydrazone groups is 1. The molecule has 0 unspecified atom stereocenters. The summed E-state index contributed by atoms with van der Waals surface area (Å²) in [7, 11) is 0. The number of H-pyrrole nitrogens is 1. The Labute approximate surface area is 163 Å². The molecular formula is C23H20N4O. The van der Waals surface area contributed by atoms with Crippen LogP contribution in [-0.4, -0.2) is 21.6 Å². The zero-order valence-electron chi connectivity index (χ0n) is 15.5. The molecule has 138 valence electrons. The fourth-order valence-electron chi connectivity index (χ4n) is 3.28. The topological polar surface area (TPSA) is 70.1 Å². The van der Waals surface area contributed by atoms with Gasteiger partial charge in [0.15, 0.2) is 0 Å². The van der Waals surface area contributed by atoms with Gasteiger partial charge in [-0.25, -0.2) is 5.43 Å². The molecule has 1 amide bonds. The summed E-state index contributed by atoms with van der Waals surface area (Å²) in [6.45, 7) is 1.98. The van der Waals surface area contributed by atoms with E-state index in [4.69, 9.17) is 0 Å². The summed E-state index contributed by atoms with van der Waals surface area (Å²) in [5.74, 6) is -0.157. The van der Waals surface area contributed by atoms with Gasteiger partial charge in [0.2, 0.25) is 5.91 Å². The first kappa shape index (κ1) is 17.7. The highest BCUT2D eigenvalue weighted by molar-refractivity contribution is 6.13. The molecule has 2 heterocycles. The number of nitrogens with zero attached hydrogens (tertiary/aromatic N) is 2. The van der Waals surface area contributed by atoms with Crippen molar-refractivity contribution in [2.24, 2.45) is 5.10 Å². The second-order valence-electron chi connectivity index (χ2n) is 6.55. The number of aryl methyl sites for hydroxylation is 1. The van der Waals surface area contributed by atoms with Crippen LogP contribution < -0.4 is 5.43 Å². The Morgan fingerprint density at radius 2 is 1.64 bits per heavy atom. The monoisotopic (exact) mass is 368 g/mol. The van der Waals surface area contributed by atoms with Gasteiger partial charge < -0.3 is 4.98 Å². The summed E-state index contributed by atoms with van der Waals surface area (Å²) >= 11 is 0. The Morgan fingerprint density at radius 1 is 0.964 bits per heavy atom. The number of aromatic amines is 1. The Bertz CT molecular complexity index is 1090. The van der Waals surface area contributed by atoms with Crippen LogP contribution in [0.15, 0.2) is 84.2 Å². The molecule has 2 aromatic carbocycles. The number of hydrogen-bond acceptors (Lipinski definition) is 3. The van der Waals surface area contributed by atoms with Gasteiger partial charge in [0.05, 0.1) is 12.1 Å². The Hall–Kier alpha value is -3.73. The lowest BCUT2D eigenvalue weighted by Crippen LogP contribution is -2.22. The summed E-state index contributed by atoms with van der Waals surface area (Å²) in [6, 6.07) is 21.5. The van der Waals surface area contributed by atoms with Crippen molar-refractivity contribution in [3.63, 3.8) is 0 Å². The van der Waals surface area contributed by atoms with E-state index in [1.807, 2.05) is 73.7 Å². The van der Waals surface area contributed by atoms with E-state index in [2.05, 4.69) is 20.5 Å². The van der Waals surface area contributed by atoms with Gasteiger partial charge in [0, 0.05) is 40.1 Å². The molecule has 0 radical (unpaired) electrons. The average Bonchev–Trinajstić information content (AvgIpc) is 3.05. The molecule has 28 heavy (non-hydrogen) atoms. The predicted molar refractivity (Wildman–Crippen MR) is 111 cm³/mol. The van der Waals surface area contributed by atoms with Crippen LogP contribution in [0, 0.1) is 6.92 Å². The third-order valence-electron chi connectivity index (χ3n) is 4.66. The molecule has 0 aliphatic rings. The molecule has 0 aliphatic heterocycles. The van der Waals surface area contributed by atoms with E-state index >= 15 is 0 Å². The zero-order chi connectivity index (χ0) is 19.3. The van der Waals surface area contributed by atoms with E-state index in [9.17, 15) is 4.79 Å². The minimum absolute atomic E-state index is 0.157. The molecule has 0 fully saturated rings. The van der Waals surface area contributed by atoms with E-state index in [-0.39, 0.29) is 12.3 Å². The lowest BCUT2D eigenvalue weighted by Gasteiger charge is -2.08. The molecule has 0 bridgehead atoms. The zero-order valence-corrected chi connectivity index (χ0v) is 15.5. The molecule has 5 nitrogen and oxygen atoms in total.